The standard InChI is InChI=1S/C30H34O9/c1-19(38-29(31)27(36-5)20-13-9-7-10-14-20)26(22-17-24(34-3)25(35-4)18-23(22)33-2)39-30(32)28(37-6)21-15-11-8-12-16-21/h7-19,26-28H,1-6H3/t19-,26+,27-,28-/m1/s1. The van der Waals surface area contributed by atoms with Crippen LogP contribution in [0.3, 0.4) is 0 Å². The van der Waals surface area contributed by atoms with Gasteiger partial charge in [-0.05, 0) is 24.1 Å². The Morgan fingerprint density at radius 1 is 0.590 bits per heavy atom. The molecule has 3 aromatic rings. The number of carbonyl (C=O) groups excluding carboxylic acids is 2. The van der Waals surface area contributed by atoms with Crippen LogP contribution >= 0.6 is 0 Å². The van der Waals surface area contributed by atoms with Gasteiger partial charge in [-0.3, -0.25) is 0 Å². The average Bonchev–Trinajstić information content (AvgIpc) is 2.97. The molecule has 3 aromatic carbocycles. The molecule has 0 saturated carbocycles. The van der Waals surface area contributed by atoms with Crippen LogP contribution < -0.4 is 14.2 Å². The predicted octanol–water partition coefficient (Wildman–Crippen LogP) is 5.00. The summed E-state index contributed by atoms with van der Waals surface area (Å²) in [5, 5.41) is 0. The zero-order chi connectivity index (χ0) is 28.4. The molecule has 208 valence electrons. The molecule has 0 fully saturated rings. The summed E-state index contributed by atoms with van der Waals surface area (Å²) < 4.78 is 39.1. The molecule has 0 radical (unpaired) electrons. The van der Waals surface area contributed by atoms with Gasteiger partial charge in [-0.2, -0.15) is 0 Å². The largest absolute Gasteiger partial charge is 0.496 e. The van der Waals surface area contributed by atoms with E-state index < -0.39 is 36.4 Å². The molecule has 0 saturated heterocycles. The minimum absolute atomic E-state index is 0.341. The second-order valence-electron chi connectivity index (χ2n) is 8.50. The van der Waals surface area contributed by atoms with Crippen molar-refractivity contribution in [2.75, 3.05) is 35.5 Å². The van der Waals surface area contributed by atoms with Gasteiger partial charge in [-0.1, -0.05) is 60.7 Å². The fourth-order valence-electron chi connectivity index (χ4n) is 4.17. The molecule has 0 amide bonds. The maximum atomic E-state index is 13.4. The predicted molar refractivity (Wildman–Crippen MR) is 143 cm³/mol. The van der Waals surface area contributed by atoms with Crippen LogP contribution in [0, 0.1) is 0 Å². The second-order valence-corrected chi connectivity index (χ2v) is 8.50. The Morgan fingerprint density at radius 3 is 1.46 bits per heavy atom. The number of methoxy groups -OCH3 is 5. The first-order valence-corrected chi connectivity index (χ1v) is 12.2. The number of benzene rings is 3. The lowest BCUT2D eigenvalue weighted by Crippen LogP contribution is -2.31. The molecule has 9 heteroatoms. The lowest BCUT2D eigenvalue weighted by molar-refractivity contribution is -0.180. The van der Waals surface area contributed by atoms with E-state index in [0.29, 0.717) is 33.9 Å². The van der Waals surface area contributed by atoms with Crippen molar-refractivity contribution in [3.63, 3.8) is 0 Å². The van der Waals surface area contributed by atoms with Crippen molar-refractivity contribution in [1.29, 1.82) is 0 Å². The normalized spacial score (nSPS) is 13.9. The van der Waals surface area contributed by atoms with E-state index in [1.165, 1.54) is 35.5 Å². The summed E-state index contributed by atoms with van der Waals surface area (Å²) in [5.74, 6) is -0.204. The van der Waals surface area contributed by atoms with Crippen LogP contribution in [0.25, 0.3) is 0 Å². The third kappa shape index (κ3) is 7.07. The number of ether oxygens (including phenoxy) is 7. The van der Waals surface area contributed by atoms with Crippen LogP contribution in [0.1, 0.15) is 41.9 Å². The maximum absolute atomic E-state index is 13.4. The van der Waals surface area contributed by atoms with Gasteiger partial charge in [0.1, 0.15) is 11.9 Å². The van der Waals surface area contributed by atoms with Gasteiger partial charge >= 0.3 is 11.9 Å². The molecule has 0 spiro atoms. The smallest absolute Gasteiger partial charge is 0.340 e. The van der Waals surface area contributed by atoms with Gasteiger partial charge in [0.2, 0.25) is 0 Å². The summed E-state index contributed by atoms with van der Waals surface area (Å²) in [6.07, 6.45) is -4.07. The molecular formula is C30H34O9. The van der Waals surface area contributed by atoms with Crippen LogP contribution in [-0.2, 0) is 28.5 Å². The van der Waals surface area contributed by atoms with E-state index >= 15 is 0 Å². The molecule has 0 bridgehead atoms. The lowest BCUT2D eigenvalue weighted by atomic mass is 10.0. The van der Waals surface area contributed by atoms with Crippen molar-refractivity contribution >= 4 is 11.9 Å². The van der Waals surface area contributed by atoms with Crippen LogP contribution in [-0.4, -0.2) is 53.6 Å². The van der Waals surface area contributed by atoms with Crippen LogP contribution in [0.5, 0.6) is 17.2 Å². The highest BCUT2D eigenvalue weighted by molar-refractivity contribution is 5.78. The Morgan fingerprint density at radius 2 is 1.03 bits per heavy atom. The van der Waals surface area contributed by atoms with E-state index in [1.807, 2.05) is 12.1 Å². The Bertz CT molecular complexity index is 1210. The van der Waals surface area contributed by atoms with Gasteiger partial charge in [-0.15, -0.1) is 0 Å². The number of rotatable bonds is 13. The van der Waals surface area contributed by atoms with Gasteiger partial charge in [0.25, 0.3) is 0 Å². The molecule has 3 rings (SSSR count). The van der Waals surface area contributed by atoms with E-state index in [4.69, 9.17) is 33.2 Å². The van der Waals surface area contributed by atoms with Crippen LogP contribution in [0.15, 0.2) is 72.8 Å². The second kappa shape index (κ2) is 14.2. The van der Waals surface area contributed by atoms with Gasteiger partial charge < -0.3 is 33.2 Å². The van der Waals surface area contributed by atoms with Crippen LogP contribution in [0.2, 0.25) is 0 Å². The minimum Gasteiger partial charge on any atom is -0.496 e. The van der Waals surface area contributed by atoms with Crippen molar-refractivity contribution < 1.29 is 42.7 Å². The molecule has 0 heterocycles. The molecule has 0 aliphatic heterocycles. The molecule has 39 heavy (non-hydrogen) atoms. The summed E-state index contributed by atoms with van der Waals surface area (Å²) >= 11 is 0. The molecule has 0 unspecified atom stereocenters. The first-order valence-electron chi connectivity index (χ1n) is 12.2. The van der Waals surface area contributed by atoms with Crippen molar-refractivity contribution in [2.45, 2.75) is 31.3 Å². The van der Waals surface area contributed by atoms with Gasteiger partial charge in [0.15, 0.2) is 29.8 Å². The Hall–Kier alpha value is -4.08. The summed E-state index contributed by atoms with van der Waals surface area (Å²) in [4.78, 5) is 26.6. The summed E-state index contributed by atoms with van der Waals surface area (Å²) in [7, 11) is 7.28. The van der Waals surface area contributed by atoms with Crippen LogP contribution in [0.4, 0.5) is 0 Å². The molecule has 0 aliphatic carbocycles. The Balaban J connectivity index is 2.00. The summed E-state index contributed by atoms with van der Waals surface area (Å²) in [6, 6.07) is 21.1. The molecule has 0 aromatic heterocycles. The SMILES string of the molecule is COc1cc(OC)c([C@@H](OC(=O)[C@H](OC)c2ccccc2)[C@@H](C)OC(=O)[C@H](OC)c2ccccc2)cc1OC. The number of carbonyl (C=O) groups is 2. The van der Waals surface area contributed by atoms with Gasteiger partial charge in [0, 0.05) is 25.8 Å². The number of hydrogen-bond acceptors (Lipinski definition) is 9. The van der Waals surface area contributed by atoms with Crippen molar-refractivity contribution in [1.82, 2.24) is 0 Å². The van der Waals surface area contributed by atoms with E-state index in [1.54, 1.807) is 67.6 Å². The highest BCUT2D eigenvalue weighted by Crippen LogP contribution is 2.41. The van der Waals surface area contributed by atoms with Gasteiger partial charge in [0.05, 0.1) is 21.3 Å². The Kier molecular flexibility index (Phi) is 10.7. The van der Waals surface area contributed by atoms with Crippen molar-refractivity contribution in [2.24, 2.45) is 0 Å². The van der Waals surface area contributed by atoms with E-state index in [0.717, 1.165) is 0 Å². The zero-order valence-corrected chi connectivity index (χ0v) is 22.9. The maximum Gasteiger partial charge on any atom is 0.340 e. The third-order valence-electron chi connectivity index (χ3n) is 6.12. The topological polar surface area (TPSA) is 98.8 Å². The fraction of sp³-hybridized carbons (Fsp3) is 0.333. The highest BCUT2D eigenvalue weighted by Gasteiger charge is 2.35. The first kappa shape index (κ1) is 29.5. The molecule has 0 N–H and O–H groups in total. The third-order valence-corrected chi connectivity index (χ3v) is 6.12. The summed E-state index contributed by atoms with van der Waals surface area (Å²) in [6.45, 7) is 1.62. The van der Waals surface area contributed by atoms with Crippen molar-refractivity contribution in [3.05, 3.63) is 89.5 Å². The molecule has 4 atom stereocenters. The minimum atomic E-state index is -1.11. The van der Waals surface area contributed by atoms with Gasteiger partial charge in [-0.25, -0.2) is 9.59 Å². The number of esters is 2. The molecule has 0 aliphatic rings. The monoisotopic (exact) mass is 538 g/mol. The van der Waals surface area contributed by atoms with Crippen molar-refractivity contribution in [3.8, 4) is 17.2 Å². The van der Waals surface area contributed by atoms with E-state index in [9.17, 15) is 9.59 Å². The zero-order valence-electron chi connectivity index (χ0n) is 22.9. The fourth-order valence-corrected chi connectivity index (χ4v) is 4.17. The number of hydrogen-bond donors (Lipinski definition) is 0. The summed E-state index contributed by atoms with van der Waals surface area (Å²) in [5.41, 5.74) is 1.63. The average molecular weight is 539 g/mol. The molecular weight excluding hydrogens is 504 g/mol. The molecule has 9 nitrogen and oxygen atoms in total. The highest BCUT2D eigenvalue weighted by atomic mass is 16.6. The first-order chi connectivity index (χ1) is 18.9. The Labute approximate surface area is 228 Å². The van der Waals surface area contributed by atoms with E-state index in [-0.39, 0.29) is 0 Å². The quantitative estimate of drug-likeness (QED) is 0.278. The van der Waals surface area contributed by atoms with E-state index in [2.05, 4.69) is 0 Å². The lowest BCUT2D eigenvalue weighted by Gasteiger charge is -2.29.